The summed E-state index contributed by atoms with van der Waals surface area (Å²) in [4.78, 5) is 15.6. The Labute approximate surface area is 115 Å². The smallest absolute Gasteiger partial charge is 0.354 e. The van der Waals surface area contributed by atoms with Gasteiger partial charge in [-0.15, -0.1) is 0 Å². The molecule has 0 aliphatic carbocycles. The van der Waals surface area contributed by atoms with Gasteiger partial charge >= 0.3 is 5.97 Å². The van der Waals surface area contributed by atoms with E-state index in [2.05, 4.69) is 10.1 Å². The zero-order valence-corrected chi connectivity index (χ0v) is 11.3. The van der Waals surface area contributed by atoms with Crippen molar-refractivity contribution in [3.05, 3.63) is 29.7 Å². The molecule has 1 saturated heterocycles. The molecule has 1 aliphatic heterocycles. The molecule has 0 radical (unpaired) electrons. The average molecular weight is 277 g/mol. The molecule has 0 spiro atoms. The Kier molecular flexibility index (Phi) is 3.42. The largest absolute Gasteiger partial charge is 0.477 e. The van der Waals surface area contributed by atoms with Crippen LogP contribution in [0.25, 0.3) is 5.65 Å². The fourth-order valence-electron chi connectivity index (χ4n) is 2.42. The van der Waals surface area contributed by atoms with E-state index >= 15 is 0 Å². The van der Waals surface area contributed by atoms with Crippen LogP contribution in [0, 0.1) is 5.92 Å². The first-order chi connectivity index (χ1) is 9.24. The summed E-state index contributed by atoms with van der Waals surface area (Å²) in [5.41, 5.74) is 0.771. The fourth-order valence-corrected chi connectivity index (χ4v) is 3.58. The number of carbonyl (C=O) groups is 1. The molecule has 1 N–H and O–H groups in total. The Balaban J connectivity index is 1.88. The van der Waals surface area contributed by atoms with Gasteiger partial charge in [-0.2, -0.15) is 16.9 Å². The summed E-state index contributed by atoms with van der Waals surface area (Å²) in [6, 6.07) is 5.04. The summed E-state index contributed by atoms with van der Waals surface area (Å²) in [7, 11) is 0. The molecule has 6 heteroatoms. The predicted octanol–water partition coefficient (Wildman–Crippen LogP) is 2.11. The molecular weight excluding hydrogens is 262 g/mol. The molecule has 1 aliphatic rings. The van der Waals surface area contributed by atoms with Crippen molar-refractivity contribution in [1.29, 1.82) is 0 Å². The SMILES string of the molecule is O=C(O)c1cccc2nc(CC3CCCSC3)nn12. The van der Waals surface area contributed by atoms with Gasteiger partial charge in [0.2, 0.25) is 0 Å². The average Bonchev–Trinajstić information content (AvgIpc) is 2.81. The normalized spacial score (nSPS) is 19.7. The van der Waals surface area contributed by atoms with E-state index < -0.39 is 5.97 Å². The summed E-state index contributed by atoms with van der Waals surface area (Å²) in [6.07, 6.45) is 3.31. The van der Waals surface area contributed by atoms with Crippen LogP contribution in [0.2, 0.25) is 0 Å². The van der Waals surface area contributed by atoms with Crippen molar-refractivity contribution in [3.63, 3.8) is 0 Å². The molecular formula is C13H15N3O2S. The van der Waals surface area contributed by atoms with E-state index in [0.29, 0.717) is 11.6 Å². The van der Waals surface area contributed by atoms with Gasteiger partial charge in [-0.25, -0.2) is 14.3 Å². The minimum Gasteiger partial charge on any atom is -0.477 e. The number of hydrogen-bond donors (Lipinski definition) is 1. The van der Waals surface area contributed by atoms with E-state index in [1.807, 2.05) is 11.8 Å². The van der Waals surface area contributed by atoms with Crippen LogP contribution in [-0.4, -0.2) is 37.2 Å². The fraction of sp³-hybridized carbons (Fsp3) is 0.462. The number of carboxylic acids is 1. The van der Waals surface area contributed by atoms with Gasteiger partial charge in [0.05, 0.1) is 0 Å². The Bertz CT molecular complexity index is 605. The Morgan fingerprint density at radius 1 is 1.53 bits per heavy atom. The summed E-state index contributed by atoms with van der Waals surface area (Å²) < 4.78 is 1.42. The third kappa shape index (κ3) is 2.58. The van der Waals surface area contributed by atoms with E-state index in [4.69, 9.17) is 5.11 Å². The second kappa shape index (κ2) is 5.21. The minimum atomic E-state index is -0.977. The van der Waals surface area contributed by atoms with Crippen molar-refractivity contribution in [2.24, 2.45) is 5.92 Å². The molecule has 1 atom stereocenters. The Morgan fingerprint density at radius 2 is 2.42 bits per heavy atom. The number of nitrogens with zero attached hydrogens (tertiary/aromatic N) is 3. The first-order valence-corrected chi connectivity index (χ1v) is 7.55. The number of carboxylic acid groups (broad SMARTS) is 1. The Morgan fingerprint density at radius 3 is 3.16 bits per heavy atom. The Hall–Kier alpha value is -1.56. The van der Waals surface area contributed by atoms with Crippen LogP contribution in [0.5, 0.6) is 0 Å². The van der Waals surface area contributed by atoms with E-state index in [9.17, 15) is 4.79 Å². The number of pyridine rings is 1. The standard InChI is InChI=1S/C13H15N3O2S/c17-13(18)10-4-1-5-12-14-11(15-16(10)12)7-9-3-2-6-19-8-9/h1,4-5,9H,2-3,6-8H2,(H,17,18). The van der Waals surface area contributed by atoms with Crippen molar-refractivity contribution in [1.82, 2.24) is 14.6 Å². The van der Waals surface area contributed by atoms with Gasteiger partial charge in [0.25, 0.3) is 0 Å². The maximum absolute atomic E-state index is 11.1. The highest BCUT2D eigenvalue weighted by Crippen LogP contribution is 2.25. The summed E-state index contributed by atoms with van der Waals surface area (Å²) in [6.45, 7) is 0. The molecule has 0 saturated carbocycles. The molecule has 2 aromatic heterocycles. The zero-order valence-electron chi connectivity index (χ0n) is 10.5. The van der Waals surface area contributed by atoms with Crippen molar-refractivity contribution < 1.29 is 9.90 Å². The molecule has 3 heterocycles. The summed E-state index contributed by atoms with van der Waals surface area (Å²) >= 11 is 1.98. The number of fused-ring (bicyclic) bond motifs is 1. The van der Waals surface area contributed by atoms with Crippen LogP contribution in [-0.2, 0) is 6.42 Å². The van der Waals surface area contributed by atoms with Gasteiger partial charge in [-0.1, -0.05) is 6.07 Å². The lowest BCUT2D eigenvalue weighted by Gasteiger charge is -2.19. The van der Waals surface area contributed by atoms with Gasteiger partial charge in [-0.3, -0.25) is 0 Å². The van der Waals surface area contributed by atoms with Crippen LogP contribution < -0.4 is 0 Å². The molecule has 0 amide bonds. The van der Waals surface area contributed by atoms with Crippen molar-refractivity contribution in [2.75, 3.05) is 11.5 Å². The van der Waals surface area contributed by atoms with Crippen LogP contribution in [0.15, 0.2) is 18.2 Å². The highest BCUT2D eigenvalue weighted by molar-refractivity contribution is 7.99. The minimum absolute atomic E-state index is 0.161. The molecule has 100 valence electrons. The summed E-state index contributed by atoms with van der Waals surface area (Å²) in [5, 5.41) is 13.5. The number of aromatic carboxylic acids is 1. The van der Waals surface area contributed by atoms with Gasteiger partial charge in [0.1, 0.15) is 0 Å². The van der Waals surface area contributed by atoms with E-state index in [-0.39, 0.29) is 5.69 Å². The molecule has 5 nitrogen and oxygen atoms in total. The van der Waals surface area contributed by atoms with Crippen molar-refractivity contribution in [2.45, 2.75) is 19.3 Å². The monoisotopic (exact) mass is 277 g/mol. The summed E-state index contributed by atoms with van der Waals surface area (Å²) in [5.74, 6) is 2.79. The number of rotatable bonds is 3. The van der Waals surface area contributed by atoms with Gasteiger partial charge in [-0.05, 0) is 42.4 Å². The topological polar surface area (TPSA) is 67.5 Å². The second-order valence-electron chi connectivity index (χ2n) is 4.80. The maximum Gasteiger partial charge on any atom is 0.354 e. The van der Waals surface area contributed by atoms with E-state index in [0.717, 1.165) is 18.0 Å². The second-order valence-corrected chi connectivity index (χ2v) is 5.95. The molecule has 19 heavy (non-hydrogen) atoms. The van der Waals surface area contributed by atoms with Crippen LogP contribution in [0.3, 0.4) is 0 Å². The maximum atomic E-state index is 11.1. The third-order valence-electron chi connectivity index (χ3n) is 3.35. The van der Waals surface area contributed by atoms with Gasteiger partial charge < -0.3 is 5.11 Å². The molecule has 0 bridgehead atoms. The number of thioether (sulfide) groups is 1. The van der Waals surface area contributed by atoms with Crippen molar-refractivity contribution >= 4 is 23.4 Å². The zero-order chi connectivity index (χ0) is 13.2. The lowest BCUT2D eigenvalue weighted by molar-refractivity contribution is 0.0687. The highest BCUT2D eigenvalue weighted by atomic mass is 32.2. The predicted molar refractivity (Wildman–Crippen MR) is 73.7 cm³/mol. The first kappa shape index (κ1) is 12.5. The number of hydrogen-bond acceptors (Lipinski definition) is 4. The van der Waals surface area contributed by atoms with E-state index in [1.165, 1.54) is 23.1 Å². The van der Waals surface area contributed by atoms with E-state index in [1.54, 1.807) is 18.2 Å². The van der Waals surface area contributed by atoms with Gasteiger partial charge in [0, 0.05) is 6.42 Å². The van der Waals surface area contributed by atoms with Crippen LogP contribution >= 0.6 is 11.8 Å². The molecule has 1 fully saturated rings. The lowest BCUT2D eigenvalue weighted by atomic mass is 10.0. The molecule has 0 aromatic carbocycles. The highest BCUT2D eigenvalue weighted by Gasteiger charge is 2.18. The van der Waals surface area contributed by atoms with Crippen LogP contribution in [0.1, 0.15) is 29.2 Å². The van der Waals surface area contributed by atoms with Crippen LogP contribution in [0.4, 0.5) is 0 Å². The first-order valence-electron chi connectivity index (χ1n) is 6.40. The molecule has 2 aromatic rings. The molecule has 1 unspecified atom stereocenters. The van der Waals surface area contributed by atoms with Gasteiger partial charge in [0.15, 0.2) is 17.2 Å². The lowest BCUT2D eigenvalue weighted by Crippen LogP contribution is -2.14. The molecule has 3 rings (SSSR count). The van der Waals surface area contributed by atoms with Crippen molar-refractivity contribution in [3.8, 4) is 0 Å². The third-order valence-corrected chi connectivity index (χ3v) is 4.63. The quantitative estimate of drug-likeness (QED) is 0.930. The number of aromatic nitrogens is 3.